The molecule has 6 nitrogen and oxygen atoms in total. The summed E-state index contributed by atoms with van der Waals surface area (Å²) in [5.41, 5.74) is 1.51. The molecule has 0 unspecified atom stereocenters. The number of nitrogens with one attached hydrogen (secondary N) is 2. The minimum absolute atomic E-state index is 0.0168. The predicted octanol–water partition coefficient (Wildman–Crippen LogP) is 2.02. The van der Waals surface area contributed by atoms with Crippen LogP contribution in [0.3, 0.4) is 0 Å². The fourth-order valence-electron chi connectivity index (χ4n) is 2.53. The number of carbonyl (C=O) groups excluding carboxylic acids is 2. The number of carbonyl (C=O) groups is 2. The predicted molar refractivity (Wildman–Crippen MR) is 94.6 cm³/mol. The van der Waals surface area contributed by atoms with E-state index < -0.39 is 0 Å². The molecule has 2 N–H and O–H groups in total. The zero-order chi connectivity index (χ0) is 17.7. The summed E-state index contributed by atoms with van der Waals surface area (Å²) in [4.78, 5) is 28.3. The molecule has 0 atom stereocenters. The van der Waals surface area contributed by atoms with E-state index in [4.69, 9.17) is 0 Å². The SMILES string of the molecule is CCC(=O)NCCc1nc2ccccc2n1CC(=O)NC(C)(C)C. The van der Waals surface area contributed by atoms with Gasteiger partial charge in [-0.3, -0.25) is 9.59 Å². The summed E-state index contributed by atoms with van der Waals surface area (Å²) >= 11 is 0. The van der Waals surface area contributed by atoms with Gasteiger partial charge in [0.2, 0.25) is 11.8 Å². The number of fused-ring (bicyclic) bond motifs is 1. The van der Waals surface area contributed by atoms with Crippen LogP contribution in [-0.4, -0.2) is 33.4 Å². The topological polar surface area (TPSA) is 76.0 Å². The number of hydrogen-bond acceptors (Lipinski definition) is 3. The van der Waals surface area contributed by atoms with E-state index in [1.54, 1.807) is 0 Å². The third-order valence-electron chi connectivity index (χ3n) is 3.54. The van der Waals surface area contributed by atoms with Crippen molar-refractivity contribution in [3.63, 3.8) is 0 Å². The van der Waals surface area contributed by atoms with Crippen LogP contribution in [-0.2, 0) is 22.6 Å². The Morgan fingerprint density at radius 3 is 2.54 bits per heavy atom. The van der Waals surface area contributed by atoms with E-state index in [-0.39, 0.29) is 23.9 Å². The Morgan fingerprint density at radius 1 is 1.17 bits per heavy atom. The standard InChI is InChI=1S/C18H26N4O2/c1-5-16(23)19-11-10-15-20-13-8-6-7-9-14(13)22(15)12-17(24)21-18(2,3)4/h6-9H,5,10-12H2,1-4H3,(H,19,23)(H,21,24). The molecule has 0 aliphatic carbocycles. The van der Waals surface area contributed by atoms with Gasteiger partial charge in [0.1, 0.15) is 12.4 Å². The Hall–Kier alpha value is -2.37. The molecule has 0 saturated carbocycles. The largest absolute Gasteiger partial charge is 0.356 e. The monoisotopic (exact) mass is 330 g/mol. The normalized spacial score (nSPS) is 11.5. The van der Waals surface area contributed by atoms with Gasteiger partial charge in [0.25, 0.3) is 0 Å². The highest BCUT2D eigenvalue weighted by molar-refractivity contribution is 5.81. The van der Waals surface area contributed by atoms with Crippen molar-refractivity contribution in [3.05, 3.63) is 30.1 Å². The van der Waals surface area contributed by atoms with Gasteiger partial charge in [-0.2, -0.15) is 0 Å². The van der Waals surface area contributed by atoms with Gasteiger partial charge in [0.05, 0.1) is 11.0 Å². The van der Waals surface area contributed by atoms with Crippen LogP contribution >= 0.6 is 0 Å². The fraction of sp³-hybridized carbons (Fsp3) is 0.500. The quantitative estimate of drug-likeness (QED) is 0.851. The minimum atomic E-state index is -0.275. The molecule has 2 amide bonds. The van der Waals surface area contributed by atoms with Crippen LogP contribution in [0.2, 0.25) is 0 Å². The Balaban J connectivity index is 2.20. The molecule has 24 heavy (non-hydrogen) atoms. The van der Waals surface area contributed by atoms with Gasteiger partial charge in [0.15, 0.2) is 0 Å². The van der Waals surface area contributed by atoms with Crippen molar-refractivity contribution in [2.45, 2.75) is 52.6 Å². The first-order valence-electron chi connectivity index (χ1n) is 8.32. The summed E-state index contributed by atoms with van der Waals surface area (Å²) in [6.07, 6.45) is 1.05. The van der Waals surface area contributed by atoms with Crippen molar-refractivity contribution in [3.8, 4) is 0 Å². The second kappa shape index (κ2) is 7.47. The highest BCUT2D eigenvalue weighted by atomic mass is 16.2. The molecule has 0 aliphatic heterocycles. The molecule has 0 bridgehead atoms. The zero-order valence-corrected chi connectivity index (χ0v) is 14.8. The van der Waals surface area contributed by atoms with E-state index >= 15 is 0 Å². The van der Waals surface area contributed by atoms with Gasteiger partial charge >= 0.3 is 0 Å². The number of nitrogens with zero attached hydrogens (tertiary/aromatic N) is 2. The summed E-state index contributed by atoms with van der Waals surface area (Å²) in [5.74, 6) is 0.768. The molecule has 6 heteroatoms. The van der Waals surface area contributed by atoms with Gasteiger partial charge in [-0.25, -0.2) is 4.98 Å². The Bertz CT molecular complexity index is 728. The molecule has 2 rings (SSSR count). The molecule has 1 aromatic heterocycles. The lowest BCUT2D eigenvalue weighted by atomic mass is 10.1. The second-order valence-electron chi connectivity index (χ2n) is 6.85. The number of para-hydroxylation sites is 2. The molecule has 0 saturated heterocycles. The average Bonchev–Trinajstić information content (AvgIpc) is 2.83. The average molecular weight is 330 g/mol. The first-order chi connectivity index (χ1) is 11.3. The van der Waals surface area contributed by atoms with E-state index in [0.29, 0.717) is 19.4 Å². The van der Waals surface area contributed by atoms with Crippen LogP contribution in [0.5, 0.6) is 0 Å². The maximum absolute atomic E-state index is 12.3. The molecule has 130 valence electrons. The summed E-state index contributed by atoms with van der Waals surface area (Å²) in [6.45, 7) is 8.42. The molecule has 2 aromatic rings. The zero-order valence-electron chi connectivity index (χ0n) is 14.8. The van der Waals surface area contributed by atoms with Crippen LogP contribution in [0.25, 0.3) is 11.0 Å². The molecule has 1 heterocycles. The van der Waals surface area contributed by atoms with Gasteiger partial charge in [-0.05, 0) is 32.9 Å². The van der Waals surface area contributed by atoms with E-state index in [1.165, 1.54) is 0 Å². The summed E-state index contributed by atoms with van der Waals surface area (Å²) < 4.78 is 1.93. The van der Waals surface area contributed by atoms with Crippen molar-refractivity contribution < 1.29 is 9.59 Å². The van der Waals surface area contributed by atoms with Gasteiger partial charge < -0.3 is 15.2 Å². The van der Waals surface area contributed by atoms with Crippen LogP contribution in [0.1, 0.15) is 39.9 Å². The minimum Gasteiger partial charge on any atom is -0.356 e. The second-order valence-corrected chi connectivity index (χ2v) is 6.85. The molecular formula is C18H26N4O2. The highest BCUT2D eigenvalue weighted by Gasteiger charge is 2.17. The van der Waals surface area contributed by atoms with Crippen molar-refractivity contribution in [1.82, 2.24) is 20.2 Å². The van der Waals surface area contributed by atoms with E-state index in [0.717, 1.165) is 16.9 Å². The van der Waals surface area contributed by atoms with Gasteiger partial charge in [-0.1, -0.05) is 19.1 Å². The smallest absolute Gasteiger partial charge is 0.240 e. The summed E-state index contributed by atoms with van der Waals surface area (Å²) in [5, 5.41) is 5.83. The van der Waals surface area contributed by atoms with Crippen LogP contribution in [0.4, 0.5) is 0 Å². The van der Waals surface area contributed by atoms with Crippen LogP contribution in [0.15, 0.2) is 24.3 Å². The number of imidazole rings is 1. The van der Waals surface area contributed by atoms with Gasteiger partial charge in [0, 0.05) is 24.9 Å². The number of amides is 2. The molecule has 0 fully saturated rings. The number of aromatic nitrogens is 2. The first-order valence-corrected chi connectivity index (χ1v) is 8.32. The fourth-order valence-corrected chi connectivity index (χ4v) is 2.53. The van der Waals surface area contributed by atoms with Crippen molar-refractivity contribution in [2.75, 3.05) is 6.54 Å². The molecule has 0 radical (unpaired) electrons. The van der Waals surface area contributed by atoms with E-state index in [9.17, 15) is 9.59 Å². The maximum Gasteiger partial charge on any atom is 0.240 e. The Morgan fingerprint density at radius 2 is 1.88 bits per heavy atom. The van der Waals surface area contributed by atoms with Crippen molar-refractivity contribution in [1.29, 1.82) is 0 Å². The van der Waals surface area contributed by atoms with Gasteiger partial charge in [-0.15, -0.1) is 0 Å². The third-order valence-corrected chi connectivity index (χ3v) is 3.54. The lowest BCUT2D eigenvalue weighted by Gasteiger charge is -2.21. The number of benzene rings is 1. The number of hydrogen-bond donors (Lipinski definition) is 2. The lowest BCUT2D eigenvalue weighted by Crippen LogP contribution is -2.42. The maximum atomic E-state index is 12.3. The van der Waals surface area contributed by atoms with E-state index in [1.807, 2.05) is 56.5 Å². The van der Waals surface area contributed by atoms with Crippen molar-refractivity contribution >= 4 is 22.8 Å². The summed E-state index contributed by atoms with van der Waals surface area (Å²) in [6, 6.07) is 7.75. The van der Waals surface area contributed by atoms with Crippen molar-refractivity contribution in [2.24, 2.45) is 0 Å². The summed E-state index contributed by atoms with van der Waals surface area (Å²) in [7, 11) is 0. The molecule has 1 aromatic carbocycles. The lowest BCUT2D eigenvalue weighted by molar-refractivity contribution is -0.123. The Labute approximate surface area is 142 Å². The molecule has 0 spiro atoms. The van der Waals surface area contributed by atoms with Crippen LogP contribution in [0, 0.1) is 0 Å². The first kappa shape index (κ1) is 18.0. The Kier molecular flexibility index (Phi) is 5.59. The third kappa shape index (κ3) is 4.81. The molecular weight excluding hydrogens is 304 g/mol. The molecule has 0 aliphatic rings. The number of rotatable bonds is 6. The van der Waals surface area contributed by atoms with Crippen LogP contribution < -0.4 is 10.6 Å². The van der Waals surface area contributed by atoms with E-state index in [2.05, 4.69) is 15.6 Å². The highest BCUT2D eigenvalue weighted by Crippen LogP contribution is 2.16.